The Hall–Kier alpha value is -3.74. The summed E-state index contributed by atoms with van der Waals surface area (Å²) in [4.78, 5) is 20.9. The van der Waals surface area contributed by atoms with Gasteiger partial charge in [0.15, 0.2) is 11.6 Å². The minimum absolute atomic E-state index is 0.0684. The van der Waals surface area contributed by atoms with E-state index < -0.39 is 17.7 Å². The van der Waals surface area contributed by atoms with Crippen LogP contribution in [0.15, 0.2) is 6.20 Å². The molecule has 11 nitrogen and oxygen atoms in total. The lowest BCUT2D eigenvalue weighted by molar-refractivity contribution is 0.111. The minimum atomic E-state index is -0.648. The van der Waals surface area contributed by atoms with Crippen molar-refractivity contribution < 1.29 is 23.4 Å². The molecule has 0 amide bonds. The van der Waals surface area contributed by atoms with Crippen LogP contribution in [0, 0.1) is 23.0 Å². The number of β-amino-alcohol motifs (C(OH)–C–C–N with tert-alkyl or cyclic N) is 1. The number of hydrogen-bond donors (Lipinski definition) is 2. The van der Waals surface area contributed by atoms with Crippen LogP contribution in [0.2, 0.25) is 0 Å². The van der Waals surface area contributed by atoms with E-state index >= 15 is 4.39 Å². The van der Waals surface area contributed by atoms with Crippen LogP contribution in [0.5, 0.6) is 6.01 Å². The Balaban J connectivity index is 1.34. The quantitative estimate of drug-likeness (QED) is 0.295. The van der Waals surface area contributed by atoms with E-state index in [-0.39, 0.29) is 74.8 Å². The highest BCUT2D eigenvalue weighted by Crippen LogP contribution is 2.48. The lowest BCUT2D eigenvalue weighted by Gasteiger charge is -2.42. The highest BCUT2D eigenvalue weighted by Gasteiger charge is 2.43. The molecule has 47 heavy (non-hydrogen) atoms. The Morgan fingerprint density at radius 1 is 1.17 bits per heavy atom. The van der Waals surface area contributed by atoms with Gasteiger partial charge in [-0.15, -0.1) is 11.3 Å². The molecule has 4 aliphatic rings. The van der Waals surface area contributed by atoms with Crippen molar-refractivity contribution in [1.82, 2.24) is 24.8 Å². The number of nitrogen functional groups attached to an aromatic ring is 1. The summed E-state index contributed by atoms with van der Waals surface area (Å²) < 4.78 is 44.7. The molecule has 2 bridgehead atoms. The van der Waals surface area contributed by atoms with E-state index in [1.165, 1.54) is 0 Å². The molecule has 4 atom stereocenters. The Kier molecular flexibility index (Phi) is 7.64. The first kappa shape index (κ1) is 30.6. The van der Waals surface area contributed by atoms with E-state index in [0.29, 0.717) is 29.9 Å². The number of halogens is 2. The van der Waals surface area contributed by atoms with Gasteiger partial charge in [0, 0.05) is 48.7 Å². The summed E-state index contributed by atoms with van der Waals surface area (Å²) in [6.45, 7) is 5.58. The number of ether oxygens (including phenoxy) is 2. The average molecular weight is 663 g/mol. The first-order chi connectivity index (χ1) is 22.7. The first-order valence-corrected chi connectivity index (χ1v) is 17.0. The number of fused-ring (bicyclic) bond motifs is 6. The fraction of sp³-hybridized carbons (Fsp3) is 0.515. The van der Waals surface area contributed by atoms with Gasteiger partial charge in [0.2, 0.25) is 0 Å². The monoisotopic (exact) mass is 662 g/mol. The molecule has 3 fully saturated rings. The number of piperazine rings is 1. The average Bonchev–Trinajstić information content (AvgIpc) is 3.82. The predicted octanol–water partition coefficient (Wildman–Crippen LogP) is 4.18. The molecule has 14 heteroatoms. The second kappa shape index (κ2) is 11.7. The van der Waals surface area contributed by atoms with Crippen LogP contribution in [0.4, 0.5) is 19.6 Å². The zero-order valence-electron chi connectivity index (χ0n) is 26.3. The molecule has 7 heterocycles. The van der Waals surface area contributed by atoms with Crippen LogP contribution in [-0.4, -0.2) is 93.9 Å². The number of pyridine rings is 1. The number of aromatic nitrogens is 3. The third kappa shape index (κ3) is 4.98. The van der Waals surface area contributed by atoms with Crippen LogP contribution in [0.25, 0.3) is 32.2 Å². The Labute approximate surface area is 274 Å². The number of anilines is 2. The number of hydrogen-bond acceptors (Lipinski definition) is 12. The maximum atomic E-state index is 17.3. The molecule has 3 N–H and O–H groups in total. The van der Waals surface area contributed by atoms with Crippen LogP contribution < -0.4 is 15.4 Å². The fourth-order valence-corrected chi connectivity index (χ4v) is 9.02. The van der Waals surface area contributed by atoms with E-state index in [0.717, 1.165) is 68.4 Å². The van der Waals surface area contributed by atoms with Gasteiger partial charge in [0.25, 0.3) is 0 Å². The van der Waals surface area contributed by atoms with Gasteiger partial charge in [0.1, 0.15) is 29.0 Å². The zero-order chi connectivity index (χ0) is 32.6. The molecule has 4 unspecified atom stereocenters. The van der Waals surface area contributed by atoms with Crippen molar-refractivity contribution in [3.63, 3.8) is 0 Å². The van der Waals surface area contributed by atoms with Gasteiger partial charge < -0.3 is 30.1 Å². The van der Waals surface area contributed by atoms with Crippen molar-refractivity contribution in [2.75, 3.05) is 50.5 Å². The van der Waals surface area contributed by atoms with Gasteiger partial charge >= 0.3 is 6.01 Å². The minimum Gasteiger partial charge on any atom is -0.462 e. The van der Waals surface area contributed by atoms with E-state index in [2.05, 4.69) is 32.8 Å². The number of benzene rings is 1. The zero-order valence-corrected chi connectivity index (χ0v) is 27.1. The van der Waals surface area contributed by atoms with Crippen molar-refractivity contribution >= 4 is 43.1 Å². The number of thiophene rings is 1. The molecule has 3 aromatic heterocycles. The van der Waals surface area contributed by atoms with Crippen LogP contribution >= 0.6 is 11.3 Å². The summed E-state index contributed by atoms with van der Waals surface area (Å²) in [7, 11) is 2.07. The maximum Gasteiger partial charge on any atom is 0.319 e. The van der Waals surface area contributed by atoms with Gasteiger partial charge in [-0.1, -0.05) is 0 Å². The van der Waals surface area contributed by atoms with E-state index in [1.807, 2.05) is 0 Å². The smallest absolute Gasteiger partial charge is 0.319 e. The SMILES string of the molecule is CC(O)CN1CC2CCC(C1)N2c1nc(OCC2CCCN2C)nc2c(F)c(-c3ncc(F)c4sc(N)c(C#N)c34)c3c(c12)COC3. The largest absolute Gasteiger partial charge is 0.462 e. The summed E-state index contributed by atoms with van der Waals surface area (Å²) in [6, 6.07) is 2.60. The Bertz CT molecular complexity index is 1930. The molecule has 0 saturated carbocycles. The summed E-state index contributed by atoms with van der Waals surface area (Å²) in [5.74, 6) is -0.654. The van der Waals surface area contributed by atoms with Crippen LogP contribution in [0.3, 0.4) is 0 Å². The van der Waals surface area contributed by atoms with Crippen molar-refractivity contribution in [3.05, 3.63) is 34.5 Å². The number of rotatable bonds is 7. The number of aliphatic hydroxyl groups excluding tert-OH is 1. The van der Waals surface area contributed by atoms with Crippen LogP contribution in [0.1, 0.15) is 49.3 Å². The predicted molar refractivity (Wildman–Crippen MR) is 174 cm³/mol. The summed E-state index contributed by atoms with van der Waals surface area (Å²) in [5, 5.41) is 21.0. The molecular weight excluding hydrogens is 626 g/mol. The second-order valence-corrected chi connectivity index (χ2v) is 14.3. The summed E-state index contributed by atoms with van der Waals surface area (Å²) >= 11 is 0.946. The van der Waals surface area contributed by atoms with Gasteiger partial charge in [0.05, 0.1) is 46.9 Å². The lowest BCUT2D eigenvalue weighted by atomic mass is 9.93. The molecule has 4 aromatic rings. The molecule has 8 rings (SSSR count). The van der Waals surface area contributed by atoms with Gasteiger partial charge in [-0.2, -0.15) is 15.2 Å². The second-order valence-electron chi connectivity index (χ2n) is 13.3. The Morgan fingerprint density at radius 2 is 1.94 bits per heavy atom. The normalized spacial score (nSPS) is 23.6. The van der Waals surface area contributed by atoms with E-state index in [9.17, 15) is 14.8 Å². The Morgan fingerprint density at radius 3 is 2.64 bits per heavy atom. The maximum absolute atomic E-state index is 17.3. The van der Waals surface area contributed by atoms with Crippen molar-refractivity contribution in [2.45, 2.75) is 70.1 Å². The summed E-state index contributed by atoms with van der Waals surface area (Å²) in [5.41, 5.74) is 7.86. The molecule has 0 radical (unpaired) electrons. The fourth-order valence-electron chi connectivity index (χ4n) is 8.10. The number of likely N-dealkylation sites (tertiary alicyclic amines) is 2. The number of likely N-dealkylation sites (N-methyl/N-ethyl adjacent to an activating group) is 1. The van der Waals surface area contributed by atoms with Gasteiger partial charge in [-0.25, -0.2) is 8.78 Å². The number of nitriles is 1. The first-order valence-electron chi connectivity index (χ1n) is 16.1. The van der Waals surface area contributed by atoms with Crippen molar-refractivity contribution in [2.24, 2.45) is 0 Å². The van der Waals surface area contributed by atoms with E-state index in [4.69, 9.17) is 25.2 Å². The molecule has 246 valence electrons. The van der Waals surface area contributed by atoms with Crippen LogP contribution in [-0.2, 0) is 18.0 Å². The van der Waals surface area contributed by atoms with Crippen molar-refractivity contribution in [3.8, 4) is 23.3 Å². The third-order valence-electron chi connectivity index (χ3n) is 10.2. The number of nitrogens with two attached hydrogens (primary N) is 1. The highest BCUT2D eigenvalue weighted by molar-refractivity contribution is 7.23. The molecule has 4 aliphatic heterocycles. The molecular formula is C33H36F2N8O3S. The van der Waals surface area contributed by atoms with Crippen molar-refractivity contribution in [1.29, 1.82) is 5.26 Å². The topological polar surface area (TPSA) is 137 Å². The third-order valence-corrected chi connectivity index (χ3v) is 11.2. The molecule has 1 aromatic carbocycles. The number of nitrogens with zero attached hydrogens (tertiary/aromatic N) is 7. The van der Waals surface area contributed by atoms with Gasteiger partial charge in [-0.05, 0) is 57.3 Å². The standard InChI is InChI=1S/C33H36F2N8O3S/c1-16(44)10-42-11-17-5-6-18(12-42)43(17)32-26-22-15-45-14-21(22)24(28-25-20(8-36)31(37)47-30(25)23(34)9-38-28)27(35)29(26)39-33(40-32)46-13-19-4-3-7-41(19)2/h9,16-19,44H,3-7,10-15,37H2,1-2H3. The molecule has 3 saturated heterocycles. The lowest BCUT2D eigenvalue weighted by Crippen LogP contribution is -2.55. The van der Waals surface area contributed by atoms with E-state index in [1.54, 1.807) is 6.92 Å². The van der Waals surface area contributed by atoms with Gasteiger partial charge in [-0.3, -0.25) is 9.88 Å². The summed E-state index contributed by atoms with van der Waals surface area (Å²) in [6.07, 6.45) is 4.57. The molecule has 0 spiro atoms. The highest BCUT2D eigenvalue weighted by atomic mass is 32.1. The number of aliphatic hydroxyl groups is 1. The molecule has 0 aliphatic carbocycles.